The average Bonchev–Trinajstić information content (AvgIpc) is 2.81. The lowest BCUT2D eigenvalue weighted by Gasteiger charge is -2.25. The van der Waals surface area contributed by atoms with E-state index in [0.717, 1.165) is 36.0 Å². The summed E-state index contributed by atoms with van der Waals surface area (Å²) in [6.45, 7) is 0.875. The SMILES string of the molecule is O=c1ccc2c([nH]1)CCCC2NCc1cc(Br)cs1. The molecule has 1 atom stereocenters. The predicted octanol–water partition coefficient (Wildman–Crippen LogP) is 3.37. The molecule has 2 aromatic rings. The van der Waals surface area contributed by atoms with Crippen molar-refractivity contribution in [1.82, 2.24) is 10.3 Å². The lowest BCUT2D eigenvalue weighted by atomic mass is 9.91. The Kier molecular flexibility index (Phi) is 3.86. The number of rotatable bonds is 3. The molecule has 5 heteroatoms. The second-order valence-electron chi connectivity index (χ2n) is 4.81. The minimum atomic E-state index is 0.00147. The number of aromatic nitrogens is 1. The maximum Gasteiger partial charge on any atom is 0.248 e. The van der Waals surface area contributed by atoms with E-state index in [0.29, 0.717) is 6.04 Å². The first-order valence-electron chi connectivity index (χ1n) is 6.41. The number of pyridine rings is 1. The highest BCUT2D eigenvalue weighted by molar-refractivity contribution is 9.10. The van der Waals surface area contributed by atoms with Gasteiger partial charge in [0.05, 0.1) is 0 Å². The summed E-state index contributed by atoms with van der Waals surface area (Å²) in [5, 5.41) is 5.69. The lowest BCUT2D eigenvalue weighted by Crippen LogP contribution is -2.26. The first-order valence-corrected chi connectivity index (χ1v) is 8.08. The van der Waals surface area contributed by atoms with Crippen LogP contribution in [0.4, 0.5) is 0 Å². The van der Waals surface area contributed by atoms with Crippen LogP contribution in [0.2, 0.25) is 0 Å². The van der Waals surface area contributed by atoms with Gasteiger partial charge in [-0.25, -0.2) is 0 Å². The fraction of sp³-hybridized carbons (Fsp3) is 0.357. The van der Waals surface area contributed by atoms with Gasteiger partial charge in [0.25, 0.3) is 0 Å². The van der Waals surface area contributed by atoms with E-state index in [9.17, 15) is 4.79 Å². The van der Waals surface area contributed by atoms with Crippen molar-refractivity contribution >= 4 is 27.3 Å². The topological polar surface area (TPSA) is 44.9 Å². The number of aryl methyl sites for hydroxylation is 1. The van der Waals surface area contributed by atoms with Crippen molar-refractivity contribution in [3.63, 3.8) is 0 Å². The van der Waals surface area contributed by atoms with Gasteiger partial charge in [-0.1, -0.05) is 6.07 Å². The van der Waals surface area contributed by atoms with E-state index >= 15 is 0 Å². The van der Waals surface area contributed by atoms with Crippen LogP contribution in [0.15, 0.2) is 32.8 Å². The molecule has 0 radical (unpaired) electrons. The fourth-order valence-electron chi connectivity index (χ4n) is 2.58. The summed E-state index contributed by atoms with van der Waals surface area (Å²) >= 11 is 5.23. The van der Waals surface area contributed by atoms with Gasteiger partial charge in [-0.3, -0.25) is 4.79 Å². The summed E-state index contributed by atoms with van der Waals surface area (Å²) in [5.74, 6) is 0. The van der Waals surface area contributed by atoms with Gasteiger partial charge < -0.3 is 10.3 Å². The molecule has 0 aliphatic heterocycles. The van der Waals surface area contributed by atoms with Crippen molar-refractivity contribution in [3.8, 4) is 0 Å². The summed E-state index contributed by atoms with van der Waals surface area (Å²) in [6.07, 6.45) is 3.23. The van der Waals surface area contributed by atoms with Crippen molar-refractivity contribution in [2.24, 2.45) is 0 Å². The van der Waals surface area contributed by atoms with Gasteiger partial charge in [-0.15, -0.1) is 11.3 Å². The molecule has 3 rings (SSSR count). The maximum atomic E-state index is 11.4. The number of aromatic amines is 1. The smallest absolute Gasteiger partial charge is 0.248 e. The minimum absolute atomic E-state index is 0.00147. The van der Waals surface area contributed by atoms with Gasteiger partial charge in [0.2, 0.25) is 5.56 Å². The van der Waals surface area contributed by atoms with Crippen LogP contribution in [-0.4, -0.2) is 4.98 Å². The Hall–Kier alpha value is -0.910. The highest BCUT2D eigenvalue weighted by atomic mass is 79.9. The Balaban J connectivity index is 1.75. The summed E-state index contributed by atoms with van der Waals surface area (Å²) in [7, 11) is 0. The molecule has 3 nitrogen and oxygen atoms in total. The van der Waals surface area contributed by atoms with Crippen molar-refractivity contribution in [3.05, 3.63) is 54.5 Å². The van der Waals surface area contributed by atoms with Crippen LogP contribution in [0.3, 0.4) is 0 Å². The number of thiophene rings is 1. The molecule has 2 N–H and O–H groups in total. The first kappa shape index (κ1) is 13.1. The third-order valence-corrected chi connectivity index (χ3v) is 5.17. The van der Waals surface area contributed by atoms with E-state index in [2.05, 4.69) is 37.7 Å². The fourth-order valence-corrected chi connectivity index (χ4v) is 3.98. The third kappa shape index (κ3) is 2.99. The molecule has 2 aromatic heterocycles. The van der Waals surface area contributed by atoms with Crippen LogP contribution in [0, 0.1) is 0 Å². The first-order chi connectivity index (χ1) is 9.22. The number of halogens is 1. The zero-order valence-electron chi connectivity index (χ0n) is 10.4. The maximum absolute atomic E-state index is 11.4. The van der Waals surface area contributed by atoms with Gasteiger partial charge >= 0.3 is 0 Å². The molecule has 1 unspecified atom stereocenters. The highest BCUT2D eigenvalue weighted by Crippen LogP contribution is 2.28. The number of nitrogens with one attached hydrogen (secondary N) is 2. The minimum Gasteiger partial charge on any atom is -0.326 e. The quantitative estimate of drug-likeness (QED) is 0.901. The lowest BCUT2D eigenvalue weighted by molar-refractivity contribution is 0.455. The zero-order valence-corrected chi connectivity index (χ0v) is 12.8. The van der Waals surface area contributed by atoms with Gasteiger partial charge in [0.1, 0.15) is 0 Å². The average molecular weight is 339 g/mol. The van der Waals surface area contributed by atoms with Crippen LogP contribution >= 0.6 is 27.3 Å². The van der Waals surface area contributed by atoms with Crippen molar-refractivity contribution in [1.29, 1.82) is 0 Å². The van der Waals surface area contributed by atoms with Crippen LogP contribution in [0.1, 0.15) is 35.0 Å². The van der Waals surface area contributed by atoms with Crippen LogP contribution < -0.4 is 10.9 Å². The van der Waals surface area contributed by atoms with E-state index in [1.165, 1.54) is 10.4 Å². The Labute approximate surface area is 124 Å². The Morgan fingerprint density at radius 1 is 1.47 bits per heavy atom. The largest absolute Gasteiger partial charge is 0.326 e. The molecule has 0 saturated heterocycles. The second-order valence-corrected chi connectivity index (χ2v) is 6.72. The third-order valence-electron chi connectivity index (χ3n) is 3.48. The van der Waals surface area contributed by atoms with Crippen molar-refractivity contribution in [2.75, 3.05) is 0 Å². The molecule has 1 aliphatic carbocycles. The summed E-state index contributed by atoms with van der Waals surface area (Å²) in [4.78, 5) is 15.6. The standard InChI is InChI=1S/C14H15BrN2OS/c15-9-6-10(19-8-9)7-16-12-2-1-3-13-11(12)4-5-14(18)17-13/h4-6,8,12,16H,1-3,7H2,(H,17,18). The van der Waals surface area contributed by atoms with Crippen molar-refractivity contribution in [2.45, 2.75) is 31.8 Å². The molecule has 0 bridgehead atoms. The van der Waals surface area contributed by atoms with E-state index in [1.807, 2.05) is 6.07 Å². The summed E-state index contributed by atoms with van der Waals surface area (Å²) in [6, 6.07) is 6.09. The number of hydrogen-bond acceptors (Lipinski definition) is 3. The summed E-state index contributed by atoms with van der Waals surface area (Å²) < 4.78 is 1.14. The van der Waals surface area contributed by atoms with E-state index in [-0.39, 0.29) is 5.56 Å². The molecule has 0 amide bonds. The monoisotopic (exact) mass is 338 g/mol. The normalized spacial score (nSPS) is 18.3. The van der Waals surface area contributed by atoms with Crippen LogP contribution in [-0.2, 0) is 13.0 Å². The summed E-state index contributed by atoms with van der Waals surface area (Å²) in [5.41, 5.74) is 2.35. The Bertz CT molecular complexity index is 634. The number of fused-ring (bicyclic) bond motifs is 1. The van der Waals surface area contributed by atoms with Crippen LogP contribution in [0.25, 0.3) is 0 Å². The van der Waals surface area contributed by atoms with Gasteiger partial charge in [-0.05, 0) is 46.8 Å². The highest BCUT2D eigenvalue weighted by Gasteiger charge is 2.20. The van der Waals surface area contributed by atoms with E-state index in [1.54, 1.807) is 17.4 Å². The van der Waals surface area contributed by atoms with Gasteiger partial charge in [0.15, 0.2) is 0 Å². The van der Waals surface area contributed by atoms with Crippen molar-refractivity contribution < 1.29 is 0 Å². The molecular weight excluding hydrogens is 324 g/mol. The molecule has 100 valence electrons. The Morgan fingerprint density at radius 2 is 2.37 bits per heavy atom. The van der Waals surface area contributed by atoms with Gasteiger partial charge in [0, 0.05) is 39.1 Å². The molecule has 2 heterocycles. The van der Waals surface area contributed by atoms with E-state index in [4.69, 9.17) is 0 Å². The van der Waals surface area contributed by atoms with Crippen LogP contribution in [0.5, 0.6) is 0 Å². The molecule has 0 saturated carbocycles. The molecule has 0 fully saturated rings. The molecule has 0 spiro atoms. The molecule has 0 aromatic carbocycles. The van der Waals surface area contributed by atoms with Gasteiger partial charge in [-0.2, -0.15) is 0 Å². The molecular formula is C14H15BrN2OS. The number of hydrogen-bond donors (Lipinski definition) is 2. The number of H-pyrrole nitrogens is 1. The second kappa shape index (κ2) is 5.61. The predicted molar refractivity (Wildman–Crippen MR) is 81.6 cm³/mol. The zero-order chi connectivity index (χ0) is 13.2. The Morgan fingerprint density at radius 3 is 3.16 bits per heavy atom. The molecule has 1 aliphatic rings. The van der Waals surface area contributed by atoms with E-state index < -0.39 is 0 Å². The molecule has 19 heavy (non-hydrogen) atoms.